The van der Waals surface area contributed by atoms with Gasteiger partial charge in [0.15, 0.2) is 0 Å². The van der Waals surface area contributed by atoms with Crippen LogP contribution in [0.4, 0.5) is 5.13 Å². The van der Waals surface area contributed by atoms with E-state index in [9.17, 15) is 14.7 Å². The molecule has 24 heavy (non-hydrogen) atoms. The van der Waals surface area contributed by atoms with E-state index >= 15 is 0 Å². The molecule has 8 heteroatoms. The zero-order valence-corrected chi connectivity index (χ0v) is 13.4. The van der Waals surface area contributed by atoms with E-state index in [1.165, 1.54) is 21.9 Å². The number of hydrogen-bond donors (Lipinski definition) is 1. The summed E-state index contributed by atoms with van der Waals surface area (Å²) in [5.41, 5.74) is 1.18. The highest BCUT2D eigenvalue weighted by molar-refractivity contribution is 7.20. The number of carbonyl (C=O) groups is 1. The van der Waals surface area contributed by atoms with Crippen LogP contribution in [0.25, 0.3) is 16.2 Å². The highest BCUT2D eigenvalue weighted by Crippen LogP contribution is 2.29. The minimum atomic E-state index is -0.864. The average Bonchev–Trinajstić information content (AvgIpc) is 3.22. The number of carboxylic acid groups (broad SMARTS) is 1. The quantitative estimate of drug-likeness (QED) is 0.782. The van der Waals surface area contributed by atoms with Crippen LogP contribution in [0.3, 0.4) is 0 Å². The maximum atomic E-state index is 12.3. The molecular formula is C16H14N4O3S. The first-order valence-electron chi connectivity index (χ1n) is 7.59. The molecule has 1 aromatic carbocycles. The van der Waals surface area contributed by atoms with Gasteiger partial charge in [-0.1, -0.05) is 41.7 Å². The van der Waals surface area contributed by atoms with E-state index in [0.717, 1.165) is 12.0 Å². The predicted molar refractivity (Wildman–Crippen MR) is 90.6 cm³/mol. The molecule has 0 saturated carbocycles. The Balaban J connectivity index is 1.80. The molecule has 3 aromatic rings. The van der Waals surface area contributed by atoms with E-state index in [4.69, 9.17) is 0 Å². The Bertz CT molecular complexity index is 966. The monoisotopic (exact) mass is 342 g/mol. The standard InChI is InChI=1S/C16H14N4O3S/c21-13-9-11(10-5-2-1-3-6-10)17-15-20(13)18-16(24-15)19-8-4-7-12(19)14(22)23/h1-3,5-6,9,12H,4,7-8H2,(H,22,23). The maximum absolute atomic E-state index is 12.3. The Labute approximate surface area is 140 Å². The number of benzene rings is 1. The Kier molecular flexibility index (Phi) is 3.53. The van der Waals surface area contributed by atoms with Gasteiger partial charge in [-0.25, -0.2) is 9.78 Å². The van der Waals surface area contributed by atoms with Crippen molar-refractivity contribution < 1.29 is 9.90 Å². The first-order chi connectivity index (χ1) is 11.6. The maximum Gasteiger partial charge on any atom is 0.326 e. The zero-order valence-electron chi connectivity index (χ0n) is 12.6. The van der Waals surface area contributed by atoms with Crippen molar-refractivity contribution in [2.75, 3.05) is 11.4 Å². The number of hydrogen-bond acceptors (Lipinski definition) is 6. The summed E-state index contributed by atoms with van der Waals surface area (Å²) in [6.07, 6.45) is 1.38. The molecule has 0 aliphatic carbocycles. The summed E-state index contributed by atoms with van der Waals surface area (Å²) >= 11 is 1.24. The molecule has 0 spiro atoms. The molecule has 1 unspecified atom stereocenters. The lowest BCUT2D eigenvalue weighted by Gasteiger charge is -2.19. The Morgan fingerprint density at radius 2 is 2.08 bits per heavy atom. The van der Waals surface area contributed by atoms with Crippen LogP contribution in [0, 0.1) is 0 Å². The molecule has 122 valence electrons. The second-order valence-electron chi connectivity index (χ2n) is 5.61. The third-order valence-electron chi connectivity index (χ3n) is 4.09. The van der Waals surface area contributed by atoms with Crippen LogP contribution in [0.1, 0.15) is 12.8 Å². The molecule has 2 aromatic heterocycles. The number of rotatable bonds is 3. The molecule has 1 fully saturated rings. The van der Waals surface area contributed by atoms with Gasteiger partial charge in [0.05, 0.1) is 5.69 Å². The van der Waals surface area contributed by atoms with Gasteiger partial charge in [0.1, 0.15) is 6.04 Å². The van der Waals surface area contributed by atoms with Gasteiger partial charge in [0, 0.05) is 18.2 Å². The largest absolute Gasteiger partial charge is 0.480 e. The average molecular weight is 342 g/mol. The molecule has 0 radical (unpaired) electrons. The van der Waals surface area contributed by atoms with Crippen LogP contribution in [0.2, 0.25) is 0 Å². The van der Waals surface area contributed by atoms with Crippen molar-refractivity contribution in [2.45, 2.75) is 18.9 Å². The van der Waals surface area contributed by atoms with Crippen molar-refractivity contribution in [2.24, 2.45) is 0 Å². The SMILES string of the molecule is O=C(O)C1CCCN1c1nn2c(=O)cc(-c3ccccc3)nc2s1. The zero-order chi connectivity index (χ0) is 16.7. The number of nitrogens with zero attached hydrogens (tertiary/aromatic N) is 4. The molecule has 7 nitrogen and oxygen atoms in total. The predicted octanol–water partition coefficient (Wildman–Crippen LogP) is 1.87. The molecule has 3 heterocycles. The van der Waals surface area contributed by atoms with E-state index in [0.29, 0.717) is 28.8 Å². The van der Waals surface area contributed by atoms with Crippen LogP contribution >= 0.6 is 11.3 Å². The summed E-state index contributed by atoms with van der Waals surface area (Å²) in [6.45, 7) is 0.622. The summed E-state index contributed by atoms with van der Waals surface area (Å²) in [4.78, 5) is 30.4. The number of carboxylic acids is 1. The Morgan fingerprint density at radius 1 is 1.29 bits per heavy atom. The summed E-state index contributed by atoms with van der Waals surface area (Å²) < 4.78 is 1.24. The first kappa shape index (κ1) is 14.8. The fourth-order valence-corrected chi connectivity index (χ4v) is 3.91. The van der Waals surface area contributed by atoms with E-state index in [2.05, 4.69) is 10.1 Å². The molecule has 0 amide bonds. The van der Waals surface area contributed by atoms with Gasteiger partial charge < -0.3 is 10.0 Å². The van der Waals surface area contributed by atoms with E-state index in [1.807, 2.05) is 30.3 Å². The number of aromatic nitrogens is 3. The van der Waals surface area contributed by atoms with Crippen LogP contribution in [0.5, 0.6) is 0 Å². The topological polar surface area (TPSA) is 87.8 Å². The molecule has 0 bridgehead atoms. The van der Waals surface area contributed by atoms with Gasteiger partial charge in [-0.05, 0) is 12.8 Å². The van der Waals surface area contributed by atoms with Gasteiger partial charge in [-0.3, -0.25) is 4.79 Å². The number of aliphatic carboxylic acids is 1. The van der Waals surface area contributed by atoms with Gasteiger partial charge in [-0.15, -0.1) is 5.10 Å². The van der Waals surface area contributed by atoms with E-state index in [-0.39, 0.29) is 5.56 Å². The lowest BCUT2D eigenvalue weighted by atomic mass is 10.1. The van der Waals surface area contributed by atoms with Crippen molar-refractivity contribution in [1.82, 2.24) is 14.6 Å². The van der Waals surface area contributed by atoms with Crippen LogP contribution in [-0.2, 0) is 4.79 Å². The van der Waals surface area contributed by atoms with Gasteiger partial charge >= 0.3 is 5.97 Å². The van der Waals surface area contributed by atoms with Crippen molar-refractivity contribution in [3.63, 3.8) is 0 Å². The Morgan fingerprint density at radius 3 is 2.83 bits per heavy atom. The number of fused-ring (bicyclic) bond motifs is 1. The molecule has 4 rings (SSSR count). The van der Waals surface area contributed by atoms with Crippen molar-refractivity contribution in [3.8, 4) is 11.3 Å². The second-order valence-corrected chi connectivity index (χ2v) is 6.55. The third kappa shape index (κ3) is 2.44. The van der Waals surface area contributed by atoms with Gasteiger partial charge in [0.2, 0.25) is 10.1 Å². The van der Waals surface area contributed by atoms with Crippen molar-refractivity contribution >= 4 is 27.4 Å². The summed E-state index contributed by atoms with van der Waals surface area (Å²) in [7, 11) is 0. The summed E-state index contributed by atoms with van der Waals surface area (Å²) in [5, 5.41) is 14.1. The van der Waals surface area contributed by atoms with Crippen molar-refractivity contribution in [3.05, 3.63) is 46.8 Å². The van der Waals surface area contributed by atoms with Gasteiger partial charge in [0.25, 0.3) is 5.56 Å². The lowest BCUT2D eigenvalue weighted by molar-refractivity contribution is -0.138. The third-order valence-corrected chi connectivity index (χ3v) is 5.03. The Hall–Kier alpha value is -2.74. The van der Waals surface area contributed by atoms with Crippen LogP contribution in [-0.4, -0.2) is 38.3 Å². The molecule has 1 N–H and O–H groups in total. The summed E-state index contributed by atoms with van der Waals surface area (Å²) in [5.74, 6) is -0.864. The normalized spacial score (nSPS) is 17.5. The van der Waals surface area contributed by atoms with Crippen LogP contribution < -0.4 is 10.5 Å². The first-order valence-corrected chi connectivity index (χ1v) is 8.41. The van der Waals surface area contributed by atoms with E-state index < -0.39 is 12.0 Å². The fraction of sp³-hybridized carbons (Fsp3) is 0.250. The minimum Gasteiger partial charge on any atom is -0.480 e. The van der Waals surface area contributed by atoms with Crippen LogP contribution in [0.15, 0.2) is 41.2 Å². The molecule has 1 saturated heterocycles. The molecule has 1 aliphatic heterocycles. The molecule has 1 atom stereocenters. The smallest absolute Gasteiger partial charge is 0.326 e. The number of anilines is 1. The highest BCUT2D eigenvalue weighted by Gasteiger charge is 2.33. The van der Waals surface area contributed by atoms with Gasteiger partial charge in [-0.2, -0.15) is 4.52 Å². The van der Waals surface area contributed by atoms with Crippen molar-refractivity contribution in [1.29, 1.82) is 0 Å². The van der Waals surface area contributed by atoms with E-state index in [1.54, 1.807) is 4.90 Å². The second kappa shape index (κ2) is 5.72. The molecular weight excluding hydrogens is 328 g/mol. The highest BCUT2D eigenvalue weighted by atomic mass is 32.1. The summed E-state index contributed by atoms with van der Waals surface area (Å²) in [6, 6.07) is 10.3. The lowest BCUT2D eigenvalue weighted by Crippen LogP contribution is -2.36. The fourth-order valence-electron chi connectivity index (χ4n) is 2.93. The molecule has 1 aliphatic rings. The minimum absolute atomic E-state index is 0.271.